The van der Waals surface area contributed by atoms with Crippen molar-refractivity contribution in [3.05, 3.63) is 53.6 Å². The van der Waals surface area contributed by atoms with Gasteiger partial charge in [-0.15, -0.1) is 0 Å². The van der Waals surface area contributed by atoms with Crippen LogP contribution in [0.4, 0.5) is 0 Å². The molecule has 100 valence electrons. The highest BCUT2D eigenvalue weighted by Crippen LogP contribution is 2.31. The van der Waals surface area contributed by atoms with Gasteiger partial charge in [0.1, 0.15) is 5.75 Å². The van der Waals surface area contributed by atoms with Gasteiger partial charge in [0.25, 0.3) is 5.89 Å². The van der Waals surface area contributed by atoms with Crippen molar-refractivity contribution < 1.29 is 9.26 Å². The van der Waals surface area contributed by atoms with Gasteiger partial charge in [0.05, 0.1) is 12.7 Å². The lowest BCUT2D eigenvalue weighted by molar-refractivity contribution is 0.413. The summed E-state index contributed by atoms with van der Waals surface area (Å²) in [5.41, 5.74) is 1.57. The van der Waals surface area contributed by atoms with Crippen molar-refractivity contribution in [2.45, 2.75) is 0 Å². The molecule has 0 saturated heterocycles. The quantitative estimate of drug-likeness (QED) is 0.728. The maximum Gasteiger partial charge on any atom is 0.258 e. The van der Waals surface area contributed by atoms with Crippen molar-refractivity contribution in [1.82, 2.24) is 10.1 Å². The first-order valence-electron chi connectivity index (χ1n) is 6.01. The molecule has 2 aromatic carbocycles. The van der Waals surface area contributed by atoms with Gasteiger partial charge in [-0.1, -0.05) is 35.0 Å². The van der Waals surface area contributed by atoms with Crippen LogP contribution in [0.15, 0.2) is 53.1 Å². The Morgan fingerprint density at radius 1 is 1.10 bits per heavy atom. The van der Waals surface area contributed by atoms with E-state index < -0.39 is 0 Å². The fourth-order valence-corrected chi connectivity index (χ4v) is 2.06. The van der Waals surface area contributed by atoms with E-state index in [9.17, 15) is 0 Å². The van der Waals surface area contributed by atoms with E-state index in [0.29, 0.717) is 28.1 Å². The number of hydrogen-bond acceptors (Lipinski definition) is 4. The van der Waals surface area contributed by atoms with Crippen molar-refractivity contribution in [3.8, 4) is 28.6 Å². The molecular formula is C15H11ClN2O2. The summed E-state index contributed by atoms with van der Waals surface area (Å²) in [6.45, 7) is 0. The summed E-state index contributed by atoms with van der Waals surface area (Å²) in [4.78, 5) is 4.38. The minimum Gasteiger partial charge on any atom is -0.496 e. The summed E-state index contributed by atoms with van der Waals surface area (Å²) in [6.07, 6.45) is 0. The molecule has 3 rings (SSSR count). The first-order chi connectivity index (χ1) is 9.78. The van der Waals surface area contributed by atoms with E-state index in [1.54, 1.807) is 25.3 Å². The molecule has 0 amide bonds. The normalized spacial score (nSPS) is 10.5. The predicted octanol–water partition coefficient (Wildman–Crippen LogP) is 4.07. The molecule has 0 atom stereocenters. The van der Waals surface area contributed by atoms with E-state index >= 15 is 0 Å². The second kappa shape index (κ2) is 5.35. The Morgan fingerprint density at radius 3 is 2.65 bits per heavy atom. The Hall–Kier alpha value is -2.33. The second-order valence-corrected chi connectivity index (χ2v) is 4.57. The largest absolute Gasteiger partial charge is 0.496 e. The molecular weight excluding hydrogens is 276 g/mol. The summed E-state index contributed by atoms with van der Waals surface area (Å²) in [7, 11) is 1.59. The third kappa shape index (κ3) is 2.38. The topological polar surface area (TPSA) is 48.2 Å². The summed E-state index contributed by atoms with van der Waals surface area (Å²) in [5.74, 6) is 1.56. The molecule has 1 aromatic heterocycles. The molecule has 0 fully saturated rings. The number of nitrogens with zero attached hydrogens (tertiary/aromatic N) is 2. The summed E-state index contributed by atoms with van der Waals surface area (Å²) in [6, 6.07) is 14.9. The van der Waals surface area contributed by atoms with Crippen molar-refractivity contribution in [2.24, 2.45) is 0 Å². The lowest BCUT2D eigenvalue weighted by Gasteiger charge is -2.04. The molecule has 4 nitrogen and oxygen atoms in total. The van der Waals surface area contributed by atoms with Crippen LogP contribution in [-0.4, -0.2) is 17.3 Å². The number of ether oxygens (including phenoxy) is 1. The van der Waals surface area contributed by atoms with Crippen LogP contribution in [-0.2, 0) is 0 Å². The SMILES string of the molecule is COc1ccc(Cl)cc1-c1noc(-c2ccccc2)n1. The van der Waals surface area contributed by atoms with Crippen molar-refractivity contribution in [2.75, 3.05) is 7.11 Å². The Labute approximate surface area is 121 Å². The molecule has 0 spiro atoms. The highest BCUT2D eigenvalue weighted by Gasteiger charge is 2.14. The average molecular weight is 287 g/mol. The van der Waals surface area contributed by atoms with Gasteiger partial charge in [-0.2, -0.15) is 4.98 Å². The first-order valence-corrected chi connectivity index (χ1v) is 6.39. The maximum absolute atomic E-state index is 6.01. The van der Waals surface area contributed by atoms with Crippen LogP contribution in [0.1, 0.15) is 0 Å². The van der Waals surface area contributed by atoms with Gasteiger partial charge in [-0.25, -0.2) is 0 Å². The fraction of sp³-hybridized carbons (Fsp3) is 0.0667. The number of aromatic nitrogens is 2. The standard InChI is InChI=1S/C15H11ClN2O2/c1-19-13-8-7-11(16)9-12(13)14-17-15(20-18-14)10-5-3-2-4-6-10/h2-9H,1H3. The fourth-order valence-electron chi connectivity index (χ4n) is 1.89. The van der Waals surface area contributed by atoms with Crippen LogP contribution in [0.5, 0.6) is 5.75 Å². The van der Waals surface area contributed by atoms with E-state index in [1.807, 2.05) is 30.3 Å². The molecule has 20 heavy (non-hydrogen) atoms. The van der Waals surface area contributed by atoms with E-state index in [1.165, 1.54) is 0 Å². The van der Waals surface area contributed by atoms with E-state index in [0.717, 1.165) is 5.56 Å². The van der Waals surface area contributed by atoms with Gasteiger partial charge in [0.2, 0.25) is 5.82 Å². The molecule has 0 N–H and O–H groups in total. The molecule has 1 heterocycles. The third-order valence-electron chi connectivity index (χ3n) is 2.85. The Balaban J connectivity index is 2.04. The van der Waals surface area contributed by atoms with Crippen LogP contribution in [0.3, 0.4) is 0 Å². The highest BCUT2D eigenvalue weighted by molar-refractivity contribution is 6.30. The van der Waals surface area contributed by atoms with E-state index in [4.69, 9.17) is 20.9 Å². The number of halogens is 1. The minimum absolute atomic E-state index is 0.447. The zero-order valence-corrected chi connectivity index (χ0v) is 11.5. The molecule has 0 aliphatic carbocycles. The Morgan fingerprint density at radius 2 is 1.90 bits per heavy atom. The number of benzene rings is 2. The van der Waals surface area contributed by atoms with Crippen LogP contribution in [0, 0.1) is 0 Å². The number of methoxy groups -OCH3 is 1. The van der Waals surface area contributed by atoms with Crippen molar-refractivity contribution >= 4 is 11.6 Å². The number of rotatable bonds is 3. The maximum atomic E-state index is 6.01. The molecule has 0 unspecified atom stereocenters. The Kier molecular flexibility index (Phi) is 3.39. The first kappa shape index (κ1) is 12.7. The van der Waals surface area contributed by atoms with E-state index in [2.05, 4.69) is 10.1 Å². The van der Waals surface area contributed by atoms with Crippen LogP contribution < -0.4 is 4.74 Å². The summed E-state index contributed by atoms with van der Waals surface area (Å²) in [5, 5.41) is 4.58. The van der Waals surface area contributed by atoms with E-state index in [-0.39, 0.29) is 0 Å². The molecule has 0 bridgehead atoms. The van der Waals surface area contributed by atoms with Crippen LogP contribution in [0.2, 0.25) is 5.02 Å². The molecule has 3 aromatic rings. The van der Waals surface area contributed by atoms with Gasteiger partial charge in [-0.3, -0.25) is 0 Å². The van der Waals surface area contributed by atoms with Crippen molar-refractivity contribution in [3.63, 3.8) is 0 Å². The highest BCUT2D eigenvalue weighted by atomic mass is 35.5. The average Bonchev–Trinajstić information content (AvgIpc) is 2.98. The summed E-state index contributed by atoms with van der Waals surface area (Å²) >= 11 is 6.01. The zero-order chi connectivity index (χ0) is 13.9. The third-order valence-corrected chi connectivity index (χ3v) is 3.08. The molecule has 0 aliphatic heterocycles. The Bertz CT molecular complexity index is 726. The molecule has 5 heteroatoms. The number of hydrogen-bond donors (Lipinski definition) is 0. The van der Waals surface area contributed by atoms with Gasteiger partial charge in [0.15, 0.2) is 0 Å². The van der Waals surface area contributed by atoms with Crippen LogP contribution >= 0.6 is 11.6 Å². The lowest BCUT2D eigenvalue weighted by Crippen LogP contribution is -1.89. The smallest absolute Gasteiger partial charge is 0.258 e. The van der Waals surface area contributed by atoms with Gasteiger partial charge >= 0.3 is 0 Å². The van der Waals surface area contributed by atoms with Crippen molar-refractivity contribution in [1.29, 1.82) is 0 Å². The summed E-state index contributed by atoms with van der Waals surface area (Å²) < 4.78 is 10.6. The molecule has 0 aliphatic rings. The second-order valence-electron chi connectivity index (χ2n) is 4.13. The van der Waals surface area contributed by atoms with Gasteiger partial charge in [0, 0.05) is 10.6 Å². The molecule has 0 radical (unpaired) electrons. The predicted molar refractivity (Wildman–Crippen MR) is 76.7 cm³/mol. The molecule has 0 saturated carbocycles. The van der Waals surface area contributed by atoms with Crippen LogP contribution in [0.25, 0.3) is 22.8 Å². The zero-order valence-electron chi connectivity index (χ0n) is 10.7. The minimum atomic E-state index is 0.447. The van der Waals surface area contributed by atoms with Gasteiger partial charge < -0.3 is 9.26 Å². The monoisotopic (exact) mass is 286 g/mol. The van der Waals surface area contributed by atoms with Gasteiger partial charge in [-0.05, 0) is 30.3 Å². The lowest BCUT2D eigenvalue weighted by atomic mass is 10.2.